The average molecular weight is 515 g/mol. The molecule has 0 aliphatic carbocycles. The summed E-state index contributed by atoms with van der Waals surface area (Å²) in [6, 6.07) is 24.3. The highest BCUT2D eigenvalue weighted by Crippen LogP contribution is 2.43. The molecule has 3 aromatic carbocycles. The van der Waals surface area contributed by atoms with Gasteiger partial charge in [0.15, 0.2) is 11.6 Å². The maximum Gasteiger partial charge on any atom is 0.266 e. The second-order valence-corrected chi connectivity index (χ2v) is 8.74. The van der Waals surface area contributed by atoms with Crippen molar-refractivity contribution in [3.05, 3.63) is 112 Å². The number of azide groups is 1. The molecule has 0 unspecified atom stereocenters. The van der Waals surface area contributed by atoms with Crippen LogP contribution in [-0.4, -0.2) is 42.7 Å². The molecule has 1 aliphatic heterocycles. The smallest absolute Gasteiger partial charge is 0.266 e. The number of aliphatic hydroxyl groups excluding tert-OH is 1. The highest BCUT2D eigenvalue weighted by atomic mass is 16.5. The molecule has 1 aliphatic rings. The first-order valence-corrected chi connectivity index (χ1v) is 12.3. The standard InChI is InChI=1S/C28H30N6O4/c1-30-33-27(36)28(18-20-8-3-2-4-9-20)25(24-11-6-5-10-22(24)19-31-34-29)38-26(32-28)21-12-14-23(15-13-21)37-17-7-16-35/h2-6,8-15,25,30,35H,7,16-19H2,1H3,(H,33,36)/t25-,28-/m0/s1. The van der Waals surface area contributed by atoms with Gasteiger partial charge in [0.05, 0.1) is 13.2 Å². The molecule has 0 fully saturated rings. The van der Waals surface area contributed by atoms with E-state index in [-0.39, 0.29) is 25.5 Å². The first-order chi connectivity index (χ1) is 18.6. The zero-order valence-corrected chi connectivity index (χ0v) is 21.1. The number of nitrogens with zero attached hydrogens (tertiary/aromatic N) is 4. The summed E-state index contributed by atoms with van der Waals surface area (Å²) in [6.45, 7) is 0.571. The molecule has 1 heterocycles. The van der Waals surface area contributed by atoms with Crippen molar-refractivity contribution in [2.45, 2.75) is 31.0 Å². The van der Waals surface area contributed by atoms with Crippen LogP contribution in [0.2, 0.25) is 0 Å². The van der Waals surface area contributed by atoms with Crippen molar-refractivity contribution in [1.82, 2.24) is 10.9 Å². The van der Waals surface area contributed by atoms with E-state index in [2.05, 4.69) is 20.9 Å². The number of benzene rings is 3. The zero-order chi connectivity index (χ0) is 26.8. The molecular weight excluding hydrogens is 484 g/mol. The summed E-state index contributed by atoms with van der Waals surface area (Å²) in [6.07, 6.45) is 0.0155. The second kappa shape index (κ2) is 12.7. The summed E-state index contributed by atoms with van der Waals surface area (Å²) in [7, 11) is 1.62. The van der Waals surface area contributed by atoms with Gasteiger partial charge in [-0.1, -0.05) is 59.7 Å². The molecule has 0 radical (unpaired) electrons. The first-order valence-electron chi connectivity index (χ1n) is 12.3. The predicted molar refractivity (Wildman–Crippen MR) is 143 cm³/mol. The number of aliphatic imine (C=N–C) groups is 1. The van der Waals surface area contributed by atoms with E-state index < -0.39 is 11.6 Å². The number of carbonyl (C=O) groups excluding carboxylic acids is 1. The van der Waals surface area contributed by atoms with Crippen LogP contribution in [0.3, 0.4) is 0 Å². The third-order valence-corrected chi connectivity index (χ3v) is 6.23. The van der Waals surface area contributed by atoms with Crippen LogP contribution in [0.4, 0.5) is 0 Å². The summed E-state index contributed by atoms with van der Waals surface area (Å²) in [5.74, 6) is 0.615. The average Bonchev–Trinajstić information content (AvgIpc) is 3.33. The molecule has 3 N–H and O–H groups in total. The molecule has 2 atom stereocenters. The van der Waals surface area contributed by atoms with Crippen molar-refractivity contribution < 1.29 is 19.4 Å². The van der Waals surface area contributed by atoms with Gasteiger partial charge in [-0.15, -0.1) is 0 Å². The Morgan fingerprint density at radius 3 is 2.58 bits per heavy atom. The zero-order valence-electron chi connectivity index (χ0n) is 21.1. The van der Waals surface area contributed by atoms with Crippen molar-refractivity contribution in [2.24, 2.45) is 10.1 Å². The minimum absolute atomic E-state index is 0.0590. The van der Waals surface area contributed by atoms with Crippen LogP contribution in [-0.2, 0) is 22.5 Å². The lowest BCUT2D eigenvalue weighted by Gasteiger charge is -2.31. The van der Waals surface area contributed by atoms with Gasteiger partial charge in [-0.05, 0) is 46.5 Å². The van der Waals surface area contributed by atoms with Crippen LogP contribution in [0, 0.1) is 0 Å². The molecule has 4 rings (SSSR count). The van der Waals surface area contributed by atoms with Crippen LogP contribution in [0.25, 0.3) is 10.4 Å². The van der Waals surface area contributed by atoms with E-state index in [1.54, 1.807) is 19.2 Å². The Hall–Kier alpha value is -4.37. The number of rotatable bonds is 12. The number of amides is 1. The van der Waals surface area contributed by atoms with E-state index in [9.17, 15) is 4.79 Å². The third-order valence-electron chi connectivity index (χ3n) is 6.23. The fraction of sp³-hybridized carbons (Fsp3) is 0.286. The van der Waals surface area contributed by atoms with Gasteiger partial charge in [0.2, 0.25) is 5.90 Å². The molecule has 196 valence electrons. The van der Waals surface area contributed by atoms with Gasteiger partial charge in [0.1, 0.15) is 5.75 Å². The Morgan fingerprint density at radius 1 is 1.13 bits per heavy atom. The third kappa shape index (κ3) is 5.95. The molecule has 0 spiro atoms. The van der Waals surface area contributed by atoms with Gasteiger partial charge in [-0.3, -0.25) is 10.2 Å². The van der Waals surface area contributed by atoms with Crippen molar-refractivity contribution in [3.8, 4) is 5.75 Å². The summed E-state index contributed by atoms with van der Waals surface area (Å²) in [5.41, 5.74) is 16.1. The first kappa shape index (κ1) is 26.7. The Kier molecular flexibility index (Phi) is 8.94. The number of aliphatic hydroxyl groups is 1. The number of hydrogen-bond donors (Lipinski definition) is 3. The van der Waals surface area contributed by atoms with Crippen molar-refractivity contribution in [2.75, 3.05) is 20.3 Å². The number of ether oxygens (including phenoxy) is 2. The molecule has 10 heteroatoms. The minimum atomic E-state index is -1.36. The lowest BCUT2D eigenvalue weighted by molar-refractivity contribution is -0.129. The molecule has 10 nitrogen and oxygen atoms in total. The van der Waals surface area contributed by atoms with Crippen LogP contribution < -0.4 is 15.6 Å². The van der Waals surface area contributed by atoms with Crippen molar-refractivity contribution >= 4 is 11.8 Å². The van der Waals surface area contributed by atoms with Gasteiger partial charge >= 0.3 is 0 Å². The summed E-state index contributed by atoms with van der Waals surface area (Å²) in [4.78, 5) is 21.6. The monoisotopic (exact) mass is 514 g/mol. The fourth-order valence-corrected chi connectivity index (χ4v) is 4.43. The van der Waals surface area contributed by atoms with E-state index in [4.69, 9.17) is 25.1 Å². The Balaban J connectivity index is 1.80. The van der Waals surface area contributed by atoms with Crippen molar-refractivity contribution in [3.63, 3.8) is 0 Å². The SMILES string of the molecule is CNNC(=O)[C@@]1(Cc2ccccc2)N=C(c2ccc(OCCCO)cc2)O[C@H]1c1ccccc1CN=[N+]=[N-]. The van der Waals surface area contributed by atoms with E-state index in [1.807, 2.05) is 66.7 Å². The highest BCUT2D eigenvalue weighted by molar-refractivity contribution is 6.01. The highest BCUT2D eigenvalue weighted by Gasteiger charge is 2.53. The molecule has 1 amide bonds. The largest absolute Gasteiger partial charge is 0.494 e. The van der Waals surface area contributed by atoms with Gasteiger partial charge < -0.3 is 14.6 Å². The maximum absolute atomic E-state index is 13.8. The predicted octanol–water partition coefficient (Wildman–Crippen LogP) is 4.01. The van der Waals surface area contributed by atoms with E-state index in [1.165, 1.54) is 0 Å². The minimum Gasteiger partial charge on any atom is -0.494 e. The molecule has 0 aromatic heterocycles. The lowest BCUT2D eigenvalue weighted by atomic mass is 9.81. The fourth-order valence-electron chi connectivity index (χ4n) is 4.43. The van der Waals surface area contributed by atoms with Gasteiger partial charge in [0.25, 0.3) is 5.91 Å². The molecule has 0 bridgehead atoms. The van der Waals surface area contributed by atoms with Gasteiger partial charge in [0, 0.05) is 37.0 Å². The summed E-state index contributed by atoms with van der Waals surface area (Å²) in [5, 5.41) is 12.7. The van der Waals surface area contributed by atoms with Crippen LogP contribution in [0.1, 0.15) is 34.8 Å². The van der Waals surface area contributed by atoms with Crippen LogP contribution >= 0.6 is 0 Å². The summed E-state index contributed by atoms with van der Waals surface area (Å²) >= 11 is 0. The van der Waals surface area contributed by atoms with E-state index in [0.717, 1.165) is 11.1 Å². The molecule has 0 saturated heterocycles. The topological polar surface area (TPSA) is 141 Å². The molecular formula is C28H30N6O4. The normalized spacial score (nSPS) is 18.2. The number of hydrazine groups is 1. The quantitative estimate of drug-likeness (QED) is 0.110. The van der Waals surface area contributed by atoms with E-state index in [0.29, 0.717) is 35.8 Å². The Bertz CT molecular complexity index is 1310. The van der Waals surface area contributed by atoms with E-state index >= 15 is 0 Å². The number of nitrogens with one attached hydrogen (secondary N) is 2. The number of hydrogen-bond acceptors (Lipinski definition) is 7. The maximum atomic E-state index is 13.8. The Morgan fingerprint density at radius 2 is 1.87 bits per heavy atom. The van der Waals surface area contributed by atoms with Gasteiger partial charge in [-0.2, -0.15) is 0 Å². The van der Waals surface area contributed by atoms with Crippen LogP contribution in [0.5, 0.6) is 5.75 Å². The Labute approximate surface area is 220 Å². The molecule has 38 heavy (non-hydrogen) atoms. The second-order valence-electron chi connectivity index (χ2n) is 8.74. The number of carbonyl (C=O) groups is 1. The summed E-state index contributed by atoms with van der Waals surface area (Å²) < 4.78 is 12.1. The van der Waals surface area contributed by atoms with Gasteiger partial charge in [-0.25, -0.2) is 10.4 Å². The van der Waals surface area contributed by atoms with Crippen LogP contribution in [0.15, 0.2) is 89.0 Å². The molecule has 0 saturated carbocycles. The van der Waals surface area contributed by atoms with Crippen molar-refractivity contribution in [1.29, 1.82) is 0 Å². The lowest BCUT2D eigenvalue weighted by Crippen LogP contribution is -2.53. The molecule has 3 aromatic rings.